The smallest absolute Gasteiger partial charge is 0.238 e. The number of rotatable bonds is 5. The molecule has 0 radical (unpaired) electrons. The molecule has 0 aliphatic heterocycles. The summed E-state index contributed by atoms with van der Waals surface area (Å²) in [4.78, 5) is 13.9. The fourth-order valence-electron chi connectivity index (χ4n) is 1.70. The van der Waals surface area contributed by atoms with E-state index in [9.17, 15) is 4.79 Å². The molecule has 1 aromatic rings. The molecule has 3 N–H and O–H groups in total. The van der Waals surface area contributed by atoms with Crippen LogP contribution in [0.15, 0.2) is 18.2 Å². The van der Waals surface area contributed by atoms with Crippen LogP contribution in [0.5, 0.6) is 0 Å². The van der Waals surface area contributed by atoms with Gasteiger partial charge in [0.2, 0.25) is 5.91 Å². The van der Waals surface area contributed by atoms with E-state index in [1.807, 2.05) is 11.9 Å². The molecule has 0 heterocycles. The number of carbonyl (C=O) groups excluding carboxylic acids is 1. The van der Waals surface area contributed by atoms with Crippen LogP contribution < -0.4 is 11.1 Å². The number of benzene rings is 1. The summed E-state index contributed by atoms with van der Waals surface area (Å²) in [6.07, 6.45) is 0. The number of hydrogen-bond acceptors (Lipinski definition) is 3. The summed E-state index contributed by atoms with van der Waals surface area (Å²) in [6.45, 7) is 6.73. The molecule has 0 aromatic heterocycles. The fraction of sp³-hybridized carbons (Fsp3) is 0.500. The van der Waals surface area contributed by atoms with Crippen LogP contribution in [-0.2, 0) is 4.79 Å². The normalized spacial score (nSPS) is 12.8. The molecule has 1 atom stereocenters. The third kappa shape index (κ3) is 4.73. The Morgan fingerprint density at radius 1 is 1.42 bits per heavy atom. The number of anilines is 2. The quantitative estimate of drug-likeness (QED) is 0.817. The molecule has 4 nitrogen and oxygen atoms in total. The largest absolute Gasteiger partial charge is 0.397 e. The van der Waals surface area contributed by atoms with Gasteiger partial charge in [-0.1, -0.05) is 25.4 Å². The Morgan fingerprint density at radius 3 is 2.58 bits per heavy atom. The summed E-state index contributed by atoms with van der Waals surface area (Å²) < 4.78 is 0. The van der Waals surface area contributed by atoms with Crippen LogP contribution in [0, 0.1) is 5.92 Å². The Labute approximate surface area is 119 Å². The highest BCUT2D eigenvalue weighted by Gasteiger charge is 2.16. The SMILES string of the molecule is CC(C)C(C)N(C)CC(=O)Nc1ccc(Cl)c(N)c1. The number of nitrogen functional groups attached to an aromatic ring is 1. The molecule has 0 bridgehead atoms. The van der Waals surface area contributed by atoms with Gasteiger partial charge in [-0.15, -0.1) is 0 Å². The monoisotopic (exact) mass is 283 g/mol. The highest BCUT2D eigenvalue weighted by atomic mass is 35.5. The number of amides is 1. The predicted octanol–water partition coefficient (Wildman–Crippen LogP) is 2.84. The van der Waals surface area contributed by atoms with Gasteiger partial charge in [0.1, 0.15) is 0 Å². The van der Waals surface area contributed by atoms with Gasteiger partial charge < -0.3 is 11.1 Å². The van der Waals surface area contributed by atoms with Crippen molar-refractivity contribution in [3.63, 3.8) is 0 Å². The van der Waals surface area contributed by atoms with E-state index in [1.165, 1.54) is 0 Å². The van der Waals surface area contributed by atoms with Crippen LogP contribution >= 0.6 is 11.6 Å². The second-order valence-electron chi connectivity index (χ2n) is 5.18. The zero-order valence-electron chi connectivity index (χ0n) is 11.9. The van der Waals surface area contributed by atoms with Crippen molar-refractivity contribution in [2.24, 2.45) is 5.92 Å². The summed E-state index contributed by atoms with van der Waals surface area (Å²) >= 11 is 5.83. The van der Waals surface area contributed by atoms with Gasteiger partial charge in [-0.2, -0.15) is 0 Å². The Balaban J connectivity index is 2.58. The van der Waals surface area contributed by atoms with Crippen molar-refractivity contribution in [2.75, 3.05) is 24.6 Å². The molecule has 1 aromatic carbocycles. The van der Waals surface area contributed by atoms with E-state index in [4.69, 9.17) is 17.3 Å². The lowest BCUT2D eigenvalue weighted by Crippen LogP contribution is -2.39. The maximum absolute atomic E-state index is 11.9. The molecule has 0 fully saturated rings. The first-order chi connectivity index (χ1) is 8.81. The van der Waals surface area contributed by atoms with Gasteiger partial charge in [0.05, 0.1) is 17.3 Å². The molecule has 0 aliphatic carbocycles. The van der Waals surface area contributed by atoms with E-state index in [-0.39, 0.29) is 5.91 Å². The van der Waals surface area contributed by atoms with Crippen LogP contribution in [0.2, 0.25) is 5.02 Å². The van der Waals surface area contributed by atoms with Crippen LogP contribution in [-0.4, -0.2) is 30.4 Å². The third-order valence-corrected chi connectivity index (χ3v) is 3.68. The molecule has 0 saturated carbocycles. The molecule has 0 saturated heterocycles. The summed E-state index contributed by atoms with van der Waals surface area (Å²) in [5.41, 5.74) is 6.82. The maximum Gasteiger partial charge on any atom is 0.238 e. The lowest BCUT2D eigenvalue weighted by atomic mass is 10.1. The number of halogens is 1. The fourth-order valence-corrected chi connectivity index (χ4v) is 1.82. The van der Waals surface area contributed by atoms with Gasteiger partial charge in [0.15, 0.2) is 0 Å². The second-order valence-corrected chi connectivity index (χ2v) is 5.59. The highest BCUT2D eigenvalue weighted by molar-refractivity contribution is 6.33. The van der Waals surface area contributed by atoms with Gasteiger partial charge in [-0.25, -0.2) is 0 Å². The van der Waals surface area contributed by atoms with E-state index in [1.54, 1.807) is 18.2 Å². The maximum atomic E-state index is 11.9. The molecule has 1 rings (SSSR count). The Morgan fingerprint density at radius 2 is 2.05 bits per heavy atom. The van der Waals surface area contributed by atoms with E-state index >= 15 is 0 Å². The van der Waals surface area contributed by atoms with Crippen molar-refractivity contribution in [3.05, 3.63) is 23.2 Å². The number of likely N-dealkylation sites (N-methyl/N-ethyl adjacent to an activating group) is 1. The van der Waals surface area contributed by atoms with Crippen molar-refractivity contribution in [1.29, 1.82) is 0 Å². The van der Waals surface area contributed by atoms with Gasteiger partial charge in [0, 0.05) is 11.7 Å². The lowest BCUT2D eigenvalue weighted by Gasteiger charge is -2.27. The first kappa shape index (κ1) is 15.8. The Hall–Kier alpha value is -1.26. The van der Waals surface area contributed by atoms with E-state index < -0.39 is 0 Å². The van der Waals surface area contributed by atoms with E-state index in [0.29, 0.717) is 34.9 Å². The molecule has 106 valence electrons. The zero-order chi connectivity index (χ0) is 14.6. The van der Waals surface area contributed by atoms with Crippen molar-refractivity contribution in [1.82, 2.24) is 4.90 Å². The molecule has 0 aliphatic rings. The highest BCUT2D eigenvalue weighted by Crippen LogP contribution is 2.22. The summed E-state index contributed by atoms with van der Waals surface area (Å²) in [7, 11) is 1.94. The van der Waals surface area contributed by atoms with Crippen molar-refractivity contribution < 1.29 is 4.79 Å². The molecule has 1 unspecified atom stereocenters. The third-order valence-electron chi connectivity index (χ3n) is 3.33. The van der Waals surface area contributed by atoms with Crippen molar-refractivity contribution in [3.8, 4) is 0 Å². The topological polar surface area (TPSA) is 58.4 Å². The number of carbonyl (C=O) groups is 1. The minimum Gasteiger partial charge on any atom is -0.397 e. The number of hydrogen-bond donors (Lipinski definition) is 2. The summed E-state index contributed by atoms with van der Waals surface area (Å²) in [6, 6.07) is 5.42. The molecular weight excluding hydrogens is 262 g/mol. The van der Waals surface area contributed by atoms with Crippen molar-refractivity contribution in [2.45, 2.75) is 26.8 Å². The number of nitrogens with one attached hydrogen (secondary N) is 1. The number of nitrogens with zero attached hydrogens (tertiary/aromatic N) is 1. The Bertz CT molecular complexity index is 448. The molecular formula is C14H22ClN3O. The number of nitrogens with two attached hydrogens (primary N) is 1. The van der Waals surface area contributed by atoms with Crippen molar-refractivity contribution >= 4 is 28.9 Å². The summed E-state index contributed by atoms with van der Waals surface area (Å²) in [5, 5.41) is 3.30. The van der Waals surface area contributed by atoms with Gasteiger partial charge in [-0.05, 0) is 38.1 Å². The standard InChI is InChI=1S/C14H22ClN3O/c1-9(2)10(3)18(4)8-14(19)17-11-5-6-12(15)13(16)7-11/h5-7,9-10H,8,16H2,1-4H3,(H,17,19). The van der Waals surface area contributed by atoms with Crippen LogP contribution in [0.25, 0.3) is 0 Å². The zero-order valence-corrected chi connectivity index (χ0v) is 12.7. The average molecular weight is 284 g/mol. The first-order valence-electron chi connectivity index (χ1n) is 6.36. The minimum absolute atomic E-state index is 0.0586. The van der Waals surface area contributed by atoms with E-state index in [0.717, 1.165) is 0 Å². The lowest BCUT2D eigenvalue weighted by molar-refractivity contribution is -0.117. The Kier molecular flexibility index (Phi) is 5.63. The van der Waals surface area contributed by atoms with E-state index in [2.05, 4.69) is 26.1 Å². The second kappa shape index (κ2) is 6.78. The van der Waals surface area contributed by atoms with Gasteiger partial charge in [-0.3, -0.25) is 9.69 Å². The first-order valence-corrected chi connectivity index (χ1v) is 6.74. The van der Waals surface area contributed by atoms with Gasteiger partial charge >= 0.3 is 0 Å². The molecule has 1 amide bonds. The van der Waals surface area contributed by atoms with Gasteiger partial charge in [0.25, 0.3) is 0 Å². The molecule has 19 heavy (non-hydrogen) atoms. The predicted molar refractivity (Wildman–Crippen MR) is 81.4 cm³/mol. The molecule has 0 spiro atoms. The average Bonchev–Trinajstić information content (AvgIpc) is 2.32. The molecule has 5 heteroatoms. The van der Waals surface area contributed by atoms with Crippen LogP contribution in [0.1, 0.15) is 20.8 Å². The minimum atomic E-state index is -0.0586. The van der Waals surface area contributed by atoms with Crippen LogP contribution in [0.3, 0.4) is 0 Å². The van der Waals surface area contributed by atoms with Crippen LogP contribution in [0.4, 0.5) is 11.4 Å². The summed E-state index contributed by atoms with van der Waals surface area (Å²) in [5.74, 6) is 0.445.